The summed E-state index contributed by atoms with van der Waals surface area (Å²) in [6, 6.07) is 14.8. The molecular formula is C21H19N5O. The van der Waals surface area contributed by atoms with Gasteiger partial charge in [0.1, 0.15) is 11.9 Å². The monoisotopic (exact) mass is 357 g/mol. The van der Waals surface area contributed by atoms with Crippen LogP contribution in [0.4, 0.5) is 5.82 Å². The van der Waals surface area contributed by atoms with Crippen molar-refractivity contribution < 1.29 is 4.79 Å². The molecule has 27 heavy (non-hydrogen) atoms. The van der Waals surface area contributed by atoms with Crippen molar-refractivity contribution in [3.8, 4) is 17.3 Å². The van der Waals surface area contributed by atoms with Crippen LogP contribution in [-0.2, 0) is 6.54 Å². The number of anilines is 1. The van der Waals surface area contributed by atoms with E-state index in [0.717, 1.165) is 23.7 Å². The number of amides is 1. The summed E-state index contributed by atoms with van der Waals surface area (Å²) in [6.45, 7) is 0.985. The first kappa shape index (κ1) is 17.0. The molecule has 1 aliphatic carbocycles. The minimum Gasteiger partial charge on any atom is -0.296 e. The Morgan fingerprint density at radius 1 is 1.22 bits per heavy atom. The van der Waals surface area contributed by atoms with Crippen molar-refractivity contribution in [2.24, 2.45) is 5.92 Å². The molecule has 1 fully saturated rings. The standard InChI is InChI=1S/C21H19N5O/c1-25(20-9-4-16(12-22)13-23-20)21(27)18-7-5-17(6-8-18)19-10-11-26(24-19)14-15-2-3-15/h4-11,13,15H,2-3,14H2,1H3. The number of rotatable bonds is 5. The van der Waals surface area contributed by atoms with E-state index >= 15 is 0 Å². The zero-order valence-corrected chi connectivity index (χ0v) is 15.0. The smallest absolute Gasteiger partial charge is 0.259 e. The summed E-state index contributed by atoms with van der Waals surface area (Å²) >= 11 is 0. The van der Waals surface area contributed by atoms with Crippen LogP contribution in [0.2, 0.25) is 0 Å². The average molecular weight is 357 g/mol. The number of carbonyl (C=O) groups excluding carboxylic acids is 1. The predicted octanol–water partition coefficient (Wildman–Crippen LogP) is 3.50. The third-order valence-electron chi connectivity index (χ3n) is 4.74. The number of aromatic nitrogens is 3. The van der Waals surface area contributed by atoms with Crippen molar-refractivity contribution in [2.75, 3.05) is 11.9 Å². The summed E-state index contributed by atoms with van der Waals surface area (Å²) in [7, 11) is 1.67. The normalized spacial score (nSPS) is 13.2. The lowest BCUT2D eigenvalue weighted by Crippen LogP contribution is -2.27. The Bertz CT molecular complexity index is 994. The first-order valence-electron chi connectivity index (χ1n) is 8.92. The third kappa shape index (κ3) is 3.72. The van der Waals surface area contributed by atoms with Gasteiger partial charge in [0.2, 0.25) is 0 Å². The van der Waals surface area contributed by atoms with Gasteiger partial charge in [-0.15, -0.1) is 0 Å². The summed E-state index contributed by atoms with van der Waals surface area (Å²) in [5.41, 5.74) is 2.94. The number of pyridine rings is 1. The summed E-state index contributed by atoms with van der Waals surface area (Å²) in [5, 5.41) is 13.5. The highest BCUT2D eigenvalue weighted by Gasteiger charge is 2.22. The summed E-state index contributed by atoms with van der Waals surface area (Å²) in [6.07, 6.45) is 6.07. The van der Waals surface area contributed by atoms with Crippen LogP contribution < -0.4 is 4.90 Å². The molecule has 1 amide bonds. The lowest BCUT2D eigenvalue weighted by Gasteiger charge is -2.16. The predicted molar refractivity (Wildman–Crippen MR) is 102 cm³/mol. The van der Waals surface area contributed by atoms with Crippen LogP contribution >= 0.6 is 0 Å². The van der Waals surface area contributed by atoms with Crippen LogP contribution in [0.3, 0.4) is 0 Å². The van der Waals surface area contributed by atoms with Crippen LogP contribution in [0.15, 0.2) is 54.9 Å². The second kappa shape index (κ2) is 7.04. The van der Waals surface area contributed by atoms with Crippen molar-refractivity contribution in [3.63, 3.8) is 0 Å². The third-order valence-corrected chi connectivity index (χ3v) is 4.74. The maximum Gasteiger partial charge on any atom is 0.259 e. The number of carbonyl (C=O) groups is 1. The molecule has 3 aromatic rings. The Balaban J connectivity index is 1.48. The molecule has 1 aromatic carbocycles. The molecule has 1 saturated carbocycles. The first-order valence-corrected chi connectivity index (χ1v) is 8.92. The largest absolute Gasteiger partial charge is 0.296 e. The van der Waals surface area contributed by atoms with Gasteiger partial charge in [-0.2, -0.15) is 10.4 Å². The van der Waals surface area contributed by atoms with E-state index in [9.17, 15) is 4.79 Å². The quantitative estimate of drug-likeness (QED) is 0.700. The molecule has 0 bridgehead atoms. The number of hydrogen-bond donors (Lipinski definition) is 0. The summed E-state index contributed by atoms with van der Waals surface area (Å²) < 4.78 is 2.00. The van der Waals surface area contributed by atoms with Crippen LogP contribution in [0.25, 0.3) is 11.3 Å². The van der Waals surface area contributed by atoms with E-state index in [1.807, 2.05) is 35.1 Å². The molecule has 0 saturated heterocycles. The van der Waals surface area contributed by atoms with E-state index in [2.05, 4.69) is 10.1 Å². The highest BCUT2D eigenvalue weighted by Crippen LogP contribution is 2.30. The van der Waals surface area contributed by atoms with Crippen molar-refractivity contribution in [1.82, 2.24) is 14.8 Å². The van der Waals surface area contributed by atoms with Gasteiger partial charge in [0.15, 0.2) is 0 Å². The zero-order valence-electron chi connectivity index (χ0n) is 15.0. The Labute approximate surface area is 157 Å². The number of nitriles is 1. The topological polar surface area (TPSA) is 74.8 Å². The van der Waals surface area contributed by atoms with Gasteiger partial charge in [-0.05, 0) is 49.1 Å². The molecule has 0 aliphatic heterocycles. The van der Waals surface area contributed by atoms with E-state index in [0.29, 0.717) is 16.9 Å². The number of hydrogen-bond acceptors (Lipinski definition) is 4. The molecule has 0 N–H and O–H groups in total. The molecule has 2 heterocycles. The minimum atomic E-state index is -0.155. The Morgan fingerprint density at radius 2 is 2.00 bits per heavy atom. The molecule has 2 aromatic heterocycles. The maximum atomic E-state index is 12.7. The summed E-state index contributed by atoms with van der Waals surface area (Å²) in [4.78, 5) is 18.3. The van der Waals surface area contributed by atoms with E-state index in [-0.39, 0.29) is 5.91 Å². The van der Waals surface area contributed by atoms with Crippen molar-refractivity contribution in [3.05, 3.63) is 66.0 Å². The van der Waals surface area contributed by atoms with Gasteiger partial charge in [-0.25, -0.2) is 4.98 Å². The van der Waals surface area contributed by atoms with Gasteiger partial charge in [-0.1, -0.05) is 12.1 Å². The maximum absolute atomic E-state index is 12.7. The molecule has 134 valence electrons. The van der Waals surface area contributed by atoms with Gasteiger partial charge < -0.3 is 0 Å². The van der Waals surface area contributed by atoms with Crippen molar-refractivity contribution in [1.29, 1.82) is 5.26 Å². The Hall–Kier alpha value is -3.46. The number of benzene rings is 1. The molecule has 6 nitrogen and oxygen atoms in total. The SMILES string of the molecule is CN(C(=O)c1ccc(-c2ccn(CC3CC3)n2)cc1)c1ccc(C#N)cn1. The molecule has 0 unspecified atom stereocenters. The van der Waals surface area contributed by atoms with Crippen molar-refractivity contribution in [2.45, 2.75) is 19.4 Å². The van der Waals surface area contributed by atoms with Crippen LogP contribution in [-0.4, -0.2) is 27.7 Å². The first-order chi connectivity index (χ1) is 13.1. The second-order valence-corrected chi connectivity index (χ2v) is 6.82. The molecule has 0 spiro atoms. The van der Waals surface area contributed by atoms with E-state index in [1.54, 1.807) is 31.3 Å². The minimum absolute atomic E-state index is 0.155. The van der Waals surface area contributed by atoms with Gasteiger partial charge in [-0.3, -0.25) is 14.4 Å². The van der Waals surface area contributed by atoms with E-state index in [4.69, 9.17) is 5.26 Å². The van der Waals surface area contributed by atoms with Gasteiger partial charge in [0.05, 0.1) is 11.3 Å². The number of nitrogens with zero attached hydrogens (tertiary/aromatic N) is 5. The molecule has 0 atom stereocenters. The molecular weight excluding hydrogens is 338 g/mol. The molecule has 0 radical (unpaired) electrons. The lowest BCUT2D eigenvalue weighted by molar-refractivity contribution is 0.0992. The highest BCUT2D eigenvalue weighted by molar-refractivity contribution is 6.05. The highest BCUT2D eigenvalue weighted by atomic mass is 16.2. The van der Waals surface area contributed by atoms with Gasteiger partial charge in [0.25, 0.3) is 5.91 Å². The molecule has 4 rings (SSSR count). The van der Waals surface area contributed by atoms with Crippen molar-refractivity contribution >= 4 is 11.7 Å². The fourth-order valence-corrected chi connectivity index (χ4v) is 2.91. The fourth-order valence-electron chi connectivity index (χ4n) is 2.91. The van der Waals surface area contributed by atoms with Gasteiger partial charge >= 0.3 is 0 Å². The second-order valence-electron chi connectivity index (χ2n) is 6.82. The van der Waals surface area contributed by atoms with Gasteiger partial charge in [0, 0.05) is 37.1 Å². The van der Waals surface area contributed by atoms with Crippen LogP contribution in [0.5, 0.6) is 0 Å². The lowest BCUT2D eigenvalue weighted by atomic mass is 10.1. The average Bonchev–Trinajstić information content (AvgIpc) is 3.41. The fraction of sp³-hybridized carbons (Fsp3) is 0.238. The molecule has 6 heteroatoms. The zero-order chi connectivity index (χ0) is 18.8. The molecule has 1 aliphatic rings. The Morgan fingerprint density at radius 3 is 2.63 bits per heavy atom. The van der Waals surface area contributed by atoms with Crippen LogP contribution in [0, 0.1) is 17.2 Å². The Kier molecular flexibility index (Phi) is 4.43. The van der Waals surface area contributed by atoms with E-state index < -0.39 is 0 Å². The van der Waals surface area contributed by atoms with E-state index in [1.165, 1.54) is 23.9 Å². The summed E-state index contributed by atoms with van der Waals surface area (Å²) in [5.74, 6) is 1.13. The van der Waals surface area contributed by atoms with Crippen LogP contribution in [0.1, 0.15) is 28.8 Å².